The molecule has 2 aromatic carbocycles. The summed E-state index contributed by atoms with van der Waals surface area (Å²) >= 11 is 3.34. The highest BCUT2D eigenvalue weighted by atomic mass is 79.9. The maximum absolute atomic E-state index is 11.9. The third-order valence-corrected chi connectivity index (χ3v) is 3.62. The number of nitrogens with one attached hydrogen (secondary N) is 1. The van der Waals surface area contributed by atoms with Crippen LogP contribution >= 0.6 is 15.9 Å². The van der Waals surface area contributed by atoms with E-state index in [0.29, 0.717) is 34.3 Å². The van der Waals surface area contributed by atoms with Gasteiger partial charge in [0.05, 0.1) is 17.3 Å². The maximum atomic E-state index is 11.9. The molecule has 5 heteroatoms. The molecule has 2 aromatic rings. The fourth-order valence-electron chi connectivity index (χ4n) is 1.91. The van der Waals surface area contributed by atoms with Crippen molar-refractivity contribution in [2.24, 2.45) is 0 Å². The van der Waals surface area contributed by atoms with Crippen LogP contribution in [0.25, 0.3) is 0 Å². The van der Waals surface area contributed by atoms with Crippen LogP contribution in [0.3, 0.4) is 0 Å². The lowest BCUT2D eigenvalue weighted by atomic mass is 10.1. The fraction of sp³-hybridized carbons (Fsp3) is 0.125. The van der Waals surface area contributed by atoms with Crippen molar-refractivity contribution < 1.29 is 4.79 Å². The van der Waals surface area contributed by atoms with Gasteiger partial charge in [0.1, 0.15) is 0 Å². The molecule has 21 heavy (non-hydrogen) atoms. The van der Waals surface area contributed by atoms with Crippen molar-refractivity contribution in [3.05, 3.63) is 58.1 Å². The van der Waals surface area contributed by atoms with E-state index in [-0.39, 0.29) is 5.91 Å². The van der Waals surface area contributed by atoms with Gasteiger partial charge in [-0.05, 0) is 58.2 Å². The predicted octanol–water partition coefficient (Wildman–Crippen LogP) is 3.47. The first kappa shape index (κ1) is 15.1. The van der Waals surface area contributed by atoms with Crippen molar-refractivity contribution in [1.82, 2.24) is 0 Å². The van der Waals surface area contributed by atoms with Gasteiger partial charge in [0, 0.05) is 16.6 Å². The second kappa shape index (κ2) is 6.91. The van der Waals surface area contributed by atoms with E-state index in [1.54, 1.807) is 18.2 Å². The quantitative estimate of drug-likeness (QED) is 0.834. The molecule has 0 atom stereocenters. The first-order chi connectivity index (χ1) is 10.1. The SMILES string of the molecule is N#Cc1ccc(NC(=O)CCc2cccc(N)c2)c(Br)c1. The van der Waals surface area contributed by atoms with Crippen LogP contribution in [-0.4, -0.2) is 5.91 Å². The number of carbonyl (C=O) groups is 1. The number of nitrogens with two attached hydrogens (primary N) is 1. The first-order valence-corrected chi connectivity index (χ1v) is 7.21. The van der Waals surface area contributed by atoms with Crippen molar-refractivity contribution in [1.29, 1.82) is 5.26 Å². The van der Waals surface area contributed by atoms with Crippen LogP contribution < -0.4 is 11.1 Å². The number of nitrogens with zero attached hydrogens (tertiary/aromatic N) is 1. The monoisotopic (exact) mass is 343 g/mol. The average Bonchev–Trinajstić information content (AvgIpc) is 2.47. The van der Waals surface area contributed by atoms with Crippen LogP contribution in [0.2, 0.25) is 0 Å². The maximum Gasteiger partial charge on any atom is 0.224 e. The highest BCUT2D eigenvalue weighted by molar-refractivity contribution is 9.10. The lowest BCUT2D eigenvalue weighted by Gasteiger charge is -2.08. The van der Waals surface area contributed by atoms with Gasteiger partial charge in [-0.1, -0.05) is 12.1 Å². The number of nitriles is 1. The Labute approximate surface area is 131 Å². The van der Waals surface area contributed by atoms with Crippen molar-refractivity contribution in [3.63, 3.8) is 0 Å². The van der Waals surface area contributed by atoms with Gasteiger partial charge < -0.3 is 11.1 Å². The number of aryl methyl sites for hydroxylation is 1. The number of amides is 1. The summed E-state index contributed by atoms with van der Waals surface area (Å²) in [7, 11) is 0. The van der Waals surface area contributed by atoms with Gasteiger partial charge >= 0.3 is 0 Å². The molecule has 0 aliphatic heterocycles. The highest BCUT2D eigenvalue weighted by Gasteiger charge is 2.07. The van der Waals surface area contributed by atoms with Gasteiger partial charge in [0.2, 0.25) is 5.91 Å². The van der Waals surface area contributed by atoms with Crippen LogP contribution in [0.5, 0.6) is 0 Å². The largest absolute Gasteiger partial charge is 0.399 e. The van der Waals surface area contributed by atoms with E-state index in [2.05, 4.69) is 21.2 Å². The Kier molecular flexibility index (Phi) is 4.96. The molecule has 2 rings (SSSR count). The van der Waals surface area contributed by atoms with E-state index in [1.807, 2.05) is 30.3 Å². The fourth-order valence-corrected chi connectivity index (χ4v) is 2.38. The topological polar surface area (TPSA) is 78.9 Å². The van der Waals surface area contributed by atoms with Crippen molar-refractivity contribution in [3.8, 4) is 6.07 Å². The van der Waals surface area contributed by atoms with E-state index in [4.69, 9.17) is 11.0 Å². The van der Waals surface area contributed by atoms with E-state index >= 15 is 0 Å². The second-order valence-corrected chi connectivity index (χ2v) is 5.45. The number of hydrogen-bond acceptors (Lipinski definition) is 3. The summed E-state index contributed by atoms with van der Waals surface area (Å²) in [6.07, 6.45) is 1.00. The first-order valence-electron chi connectivity index (χ1n) is 6.42. The smallest absolute Gasteiger partial charge is 0.224 e. The predicted molar refractivity (Wildman–Crippen MR) is 86.7 cm³/mol. The van der Waals surface area contributed by atoms with Crippen molar-refractivity contribution in [2.75, 3.05) is 11.1 Å². The Morgan fingerprint density at radius 2 is 2.10 bits per heavy atom. The Morgan fingerprint density at radius 3 is 2.76 bits per heavy atom. The summed E-state index contributed by atoms with van der Waals surface area (Å²) in [4.78, 5) is 11.9. The molecule has 0 fully saturated rings. The third kappa shape index (κ3) is 4.33. The summed E-state index contributed by atoms with van der Waals surface area (Å²) in [5.74, 6) is -0.0807. The Bertz CT molecular complexity index is 707. The average molecular weight is 344 g/mol. The molecule has 1 amide bonds. The summed E-state index contributed by atoms with van der Waals surface area (Å²) in [6.45, 7) is 0. The number of benzene rings is 2. The zero-order valence-corrected chi connectivity index (χ0v) is 12.9. The zero-order valence-electron chi connectivity index (χ0n) is 11.3. The summed E-state index contributed by atoms with van der Waals surface area (Å²) in [6, 6.07) is 14.6. The number of carbonyl (C=O) groups excluding carboxylic acids is 1. The summed E-state index contributed by atoms with van der Waals surface area (Å²) < 4.78 is 0.693. The Balaban J connectivity index is 1.95. The van der Waals surface area contributed by atoms with Crippen LogP contribution in [0.4, 0.5) is 11.4 Å². The van der Waals surface area contributed by atoms with Crippen molar-refractivity contribution in [2.45, 2.75) is 12.8 Å². The van der Waals surface area contributed by atoms with E-state index in [9.17, 15) is 4.79 Å². The molecule has 3 N–H and O–H groups in total. The molecular weight excluding hydrogens is 330 g/mol. The molecule has 0 heterocycles. The number of halogens is 1. The molecule has 0 spiro atoms. The van der Waals surface area contributed by atoms with Gasteiger partial charge in [-0.25, -0.2) is 0 Å². The number of rotatable bonds is 4. The van der Waals surface area contributed by atoms with E-state index < -0.39 is 0 Å². The van der Waals surface area contributed by atoms with E-state index in [0.717, 1.165) is 5.56 Å². The van der Waals surface area contributed by atoms with Crippen LogP contribution in [-0.2, 0) is 11.2 Å². The standard InChI is InChI=1S/C16H14BrN3O/c17-14-9-12(10-18)4-6-15(14)20-16(21)7-5-11-2-1-3-13(19)8-11/h1-4,6,8-9H,5,7,19H2,(H,20,21). The van der Waals surface area contributed by atoms with Gasteiger partial charge in [0.25, 0.3) is 0 Å². The normalized spacial score (nSPS) is 9.90. The van der Waals surface area contributed by atoms with Crippen LogP contribution in [0.15, 0.2) is 46.9 Å². The number of anilines is 2. The van der Waals surface area contributed by atoms with Crippen LogP contribution in [0, 0.1) is 11.3 Å². The lowest BCUT2D eigenvalue weighted by molar-refractivity contribution is -0.116. The molecule has 0 radical (unpaired) electrons. The molecule has 0 bridgehead atoms. The van der Waals surface area contributed by atoms with E-state index in [1.165, 1.54) is 0 Å². The molecule has 0 saturated heterocycles. The minimum absolute atomic E-state index is 0.0807. The van der Waals surface area contributed by atoms with Gasteiger partial charge in [-0.2, -0.15) is 5.26 Å². The summed E-state index contributed by atoms with van der Waals surface area (Å²) in [5.41, 5.74) is 8.63. The lowest BCUT2D eigenvalue weighted by Crippen LogP contribution is -2.12. The Morgan fingerprint density at radius 1 is 1.29 bits per heavy atom. The van der Waals surface area contributed by atoms with Gasteiger partial charge in [0.15, 0.2) is 0 Å². The molecule has 0 aliphatic rings. The summed E-state index contributed by atoms with van der Waals surface area (Å²) in [5, 5.41) is 11.6. The molecule has 0 aliphatic carbocycles. The third-order valence-electron chi connectivity index (χ3n) is 2.96. The zero-order chi connectivity index (χ0) is 15.2. The minimum atomic E-state index is -0.0807. The molecular formula is C16H14BrN3O. The number of nitrogen functional groups attached to an aromatic ring is 1. The number of hydrogen-bond donors (Lipinski definition) is 2. The second-order valence-electron chi connectivity index (χ2n) is 4.60. The van der Waals surface area contributed by atoms with Crippen LogP contribution in [0.1, 0.15) is 17.5 Å². The molecule has 0 saturated carbocycles. The van der Waals surface area contributed by atoms with Gasteiger partial charge in [-0.3, -0.25) is 4.79 Å². The van der Waals surface area contributed by atoms with Crippen molar-refractivity contribution >= 4 is 33.2 Å². The van der Waals surface area contributed by atoms with Gasteiger partial charge in [-0.15, -0.1) is 0 Å². The minimum Gasteiger partial charge on any atom is -0.399 e. The molecule has 106 valence electrons. The highest BCUT2D eigenvalue weighted by Crippen LogP contribution is 2.23. The molecule has 0 unspecified atom stereocenters. The Hall–Kier alpha value is -2.32. The molecule has 0 aromatic heterocycles. The molecule has 4 nitrogen and oxygen atoms in total.